The maximum absolute atomic E-state index is 12.0. The molecule has 1 aromatic rings. The first kappa shape index (κ1) is 13.4. The van der Waals surface area contributed by atoms with Gasteiger partial charge in [-0.25, -0.2) is 0 Å². The summed E-state index contributed by atoms with van der Waals surface area (Å²) in [6.07, 6.45) is 3.59. The third-order valence-electron chi connectivity index (χ3n) is 4.97. The minimum absolute atomic E-state index is 0.142. The number of hydrogen-bond acceptors (Lipinski definition) is 3. The Labute approximate surface area is 120 Å². The average Bonchev–Trinajstić information content (AvgIpc) is 2.42. The van der Waals surface area contributed by atoms with Gasteiger partial charge in [-0.15, -0.1) is 0 Å². The molecule has 4 heteroatoms. The van der Waals surface area contributed by atoms with Crippen LogP contribution in [-0.4, -0.2) is 44.0 Å². The Balaban J connectivity index is 1.92. The van der Waals surface area contributed by atoms with Gasteiger partial charge in [-0.2, -0.15) is 0 Å². The fourth-order valence-electron chi connectivity index (χ4n) is 3.35. The number of nitrogens with zero attached hydrogens (tertiary/aromatic N) is 2. The molecular formula is C16H23N3O. The predicted octanol–water partition coefficient (Wildman–Crippen LogP) is 1.35. The molecule has 4 nitrogen and oxygen atoms in total. The number of para-hydroxylation sites is 1. The summed E-state index contributed by atoms with van der Waals surface area (Å²) < 4.78 is 0. The molecule has 1 heterocycles. The van der Waals surface area contributed by atoms with Gasteiger partial charge in [0.1, 0.15) is 0 Å². The lowest BCUT2D eigenvalue weighted by atomic mass is 9.64. The van der Waals surface area contributed by atoms with Crippen LogP contribution in [0.25, 0.3) is 0 Å². The second kappa shape index (κ2) is 5.09. The maximum Gasteiger partial charge on any atom is 0.241 e. The second-order valence-electron chi connectivity index (χ2n) is 6.09. The number of carbonyl (C=O) groups excluding carboxylic acids is 1. The van der Waals surface area contributed by atoms with Gasteiger partial charge in [-0.3, -0.25) is 4.79 Å². The van der Waals surface area contributed by atoms with Crippen LogP contribution in [0.2, 0.25) is 0 Å². The van der Waals surface area contributed by atoms with Crippen LogP contribution in [0, 0.1) is 0 Å². The summed E-state index contributed by atoms with van der Waals surface area (Å²) in [4.78, 5) is 16.0. The molecule has 1 aliphatic carbocycles. The minimum Gasteiger partial charge on any atom is -0.360 e. The van der Waals surface area contributed by atoms with E-state index in [4.69, 9.17) is 5.73 Å². The molecule has 0 radical (unpaired) electrons. The number of carbonyl (C=O) groups is 1. The van der Waals surface area contributed by atoms with E-state index in [1.807, 2.05) is 7.05 Å². The Bertz CT molecular complexity index is 505. The number of rotatable bonds is 3. The van der Waals surface area contributed by atoms with Crippen molar-refractivity contribution in [3.63, 3.8) is 0 Å². The van der Waals surface area contributed by atoms with E-state index < -0.39 is 0 Å². The number of nitrogens with two attached hydrogens (primary N) is 1. The van der Waals surface area contributed by atoms with Gasteiger partial charge in [0.15, 0.2) is 0 Å². The van der Waals surface area contributed by atoms with Gasteiger partial charge in [-0.05, 0) is 24.5 Å². The largest absolute Gasteiger partial charge is 0.360 e. The highest BCUT2D eigenvalue weighted by Gasteiger charge is 2.40. The van der Waals surface area contributed by atoms with E-state index >= 15 is 0 Å². The van der Waals surface area contributed by atoms with E-state index in [-0.39, 0.29) is 11.3 Å². The molecule has 1 aromatic carbocycles. The first-order valence-electron chi connectivity index (χ1n) is 7.45. The summed E-state index contributed by atoms with van der Waals surface area (Å²) in [5.74, 6) is 0.196. The summed E-state index contributed by atoms with van der Waals surface area (Å²) in [6, 6.07) is 8.49. The predicted molar refractivity (Wildman–Crippen MR) is 80.9 cm³/mol. The number of likely N-dealkylation sites (N-methyl/N-ethyl adjacent to an activating group) is 1. The van der Waals surface area contributed by atoms with Crippen molar-refractivity contribution in [2.24, 2.45) is 5.73 Å². The van der Waals surface area contributed by atoms with Gasteiger partial charge < -0.3 is 15.5 Å². The highest BCUT2D eigenvalue weighted by atomic mass is 16.2. The lowest BCUT2D eigenvalue weighted by molar-refractivity contribution is -0.129. The first-order valence-corrected chi connectivity index (χ1v) is 7.45. The fraction of sp³-hybridized carbons (Fsp3) is 0.562. The van der Waals surface area contributed by atoms with Crippen molar-refractivity contribution in [2.75, 3.05) is 38.1 Å². The van der Waals surface area contributed by atoms with E-state index in [0.29, 0.717) is 13.1 Å². The zero-order valence-electron chi connectivity index (χ0n) is 12.1. The Morgan fingerprint density at radius 3 is 2.60 bits per heavy atom. The lowest BCUT2D eigenvalue weighted by Crippen LogP contribution is -2.50. The zero-order chi connectivity index (χ0) is 14.2. The Hall–Kier alpha value is -1.55. The summed E-state index contributed by atoms with van der Waals surface area (Å²) in [5.41, 5.74) is 8.74. The summed E-state index contributed by atoms with van der Waals surface area (Å²) >= 11 is 0. The molecule has 108 valence electrons. The molecule has 0 bridgehead atoms. The molecule has 1 aliphatic heterocycles. The zero-order valence-corrected chi connectivity index (χ0v) is 12.1. The van der Waals surface area contributed by atoms with Crippen molar-refractivity contribution >= 4 is 11.6 Å². The van der Waals surface area contributed by atoms with Crippen LogP contribution < -0.4 is 10.6 Å². The first-order chi connectivity index (χ1) is 9.66. The molecule has 2 aliphatic rings. The Morgan fingerprint density at radius 2 is 2.00 bits per heavy atom. The van der Waals surface area contributed by atoms with E-state index in [0.717, 1.165) is 13.1 Å². The number of benzene rings is 1. The number of piperazine rings is 1. The molecular weight excluding hydrogens is 250 g/mol. The topological polar surface area (TPSA) is 49.6 Å². The van der Waals surface area contributed by atoms with Crippen molar-refractivity contribution in [3.05, 3.63) is 29.8 Å². The highest BCUT2D eigenvalue weighted by molar-refractivity contribution is 5.83. The van der Waals surface area contributed by atoms with Gasteiger partial charge in [0.2, 0.25) is 5.91 Å². The molecule has 3 rings (SSSR count). The second-order valence-corrected chi connectivity index (χ2v) is 6.09. The number of anilines is 1. The molecule has 0 aromatic heterocycles. The highest BCUT2D eigenvalue weighted by Crippen LogP contribution is 2.46. The van der Waals surface area contributed by atoms with Gasteiger partial charge in [0.25, 0.3) is 0 Å². The van der Waals surface area contributed by atoms with Crippen LogP contribution >= 0.6 is 0 Å². The monoisotopic (exact) mass is 273 g/mol. The van der Waals surface area contributed by atoms with Crippen LogP contribution in [0.4, 0.5) is 5.69 Å². The van der Waals surface area contributed by atoms with Crippen LogP contribution in [0.15, 0.2) is 24.3 Å². The smallest absolute Gasteiger partial charge is 0.241 e. The molecule has 2 fully saturated rings. The third kappa shape index (κ3) is 2.08. The van der Waals surface area contributed by atoms with Crippen molar-refractivity contribution in [3.8, 4) is 0 Å². The van der Waals surface area contributed by atoms with Crippen LogP contribution in [0.5, 0.6) is 0 Å². The molecule has 0 spiro atoms. The van der Waals surface area contributed by atoms with Crippen molar-refractivity contribution in [1.29, 1.82) is 0 Å². The summed E-state index contributed by atoms with van der Waals surface area (Å²) in [6.45, 7) is 2.88. The van der Waals surface area contributed by atoms with Gasteiger partial charge in [0.05, 0.1) is 6.54 Å². The van der Waals surface area contributed by atoms with Crippen LogP contribution in [0.3, 0.4) is 0 Å². The quantitative estimate of drug-likeness (QED) is 0.904. The van der Waals surface area contributed by atoms with E-state index in [9.17, 15) is 4.79 Å². The lowest BCUT2D eigenvalue weighted by Gasteiger charge is -2.45. The molecule has 0 atom stereocenters. The van der Waals surface area contributed by atoms with E-state index in [1.54, 1.807) is 4.90 Å². The van der Waals surface area contributed by atoms with Gasteiger partial charge in [0, 0.05) is 37.8 Å². The molecule has 0 unspecified atom stereocenters. The standard InChI is InChI=1S/C16H23N3O/c1-18-9-10-19(11-15(18)20)14-6-3-2-5-13(14)16(12-17)7-4-8-16/h2-3,5-6H,4,7-12,17H2,1H3. The van der Waals surface area contributed by atoms with Crippen molar-refractivity contribution in [2.45, 2.75) is 24.7 Å². The maximum atomic E-state index is 12.0. The average molecular weight is 273 g/mol. The third-order valence-corrected chi connectivity index (χ3v) is 4.97. The van der Waals surface area contributed by atoms with Crippen molar-refractivity contribution in [1.82, 2.24) is 4.90 Å². The van der Waals surface area contributed by atoms with Crippen LogP contribution in [-0.2, 0) is 10.2 Å². The number of hydrogen-bond donors (Lipinski definition) is 1. The van der Waals surface area contributed by atoms with E-state index in [1.165, 1.54) is 30.5 Å². The van der Waals surface area contributed by atoms with Crippen LogP contribution in [0.1, 0.15) is 24.8 Å². The summed E-state index contributed by atoms with van der Waals surface area (Å²) in [7, 11) is 1.87. The van der Waals surface area contributed by atoms with E-state index in [2.05, 4.69) is 29.2 Å². The summed E-state index contributed by atoms with van der Waals surface area (Å²) in [5, 5.41) is 0. The Morgan fingerprint density at radius 1 is 1.25 bits per heavy atom. The van der Waals surface area contributed by atoms with Gasteiger partial charge in [-0.1, -0.05) is 24.6 Å². The molecule has 1 amide bonds. The molecule has 2 N–H and O–H groups in total. The molecule has 1 saturated carbocycles. The fourth-order valence-corrected chi connectivity index (χ4v) is 3.35. The molecule has 20 heavy (non-hydrogen) atoms. The normalized spacial score (nSPS) is 21.8. The van der Waals surface area contributed by atoms with Gasteiger partial charge >= 0.3 is 0 Å². The minimum atomic E-state index is 0.142. The van der Waals surface area contributed by atoms with Crippen molar-refractivity contribution < 1.29 is 4.79 Å². The number of amides is 1. The SMILES string of the molecule is CN1CCN(c2ccccc2C2(CN)CCC2)CC1=O. The molecule has 1 saturated heterocycles. The Kier molecular flexibility index (Phi) is 3.42.